The van der Waals surface area contributed by atoms with E-state index in [9.17, 15) is 0 Å². The first-order valence-corrected chi connectivity index (χ1v) is 10.4. The molecule has 4 rings (SSSR count). The van der Waals surface area contributed by atoms with Crippen LogP contribution in [0.4, 0.5) is 5.95 Å². The Morgan fingerprint density at radius 1 is 1.04 bits per heavy atom. The summed E-state index contributed by atoms with van der Waals surface area (Å²) in [5, 5.41) is 5.46. The van der Waals surface area contributed by atoms with Gasteiger partial charge < -0.3 is 10.2 Å². The zero-order chi connectivity index (χ0) is 18.3. The molecule has 4 heterocycles. The topological polar surface area (TPSA) is 66.8 Å². The molecule has 6 nitrogen and oxygen atoms in total. The van der Waals surface area contributed by atoms with E-state index in [1.54, 1.807) is 29.9 Å². The molecule has 1 aliphatic rings. The Labute approximate surface area is 163 Å². The largest absolute Gasteiger partial charge is 0.353 e. The van der Waals surface area contributed by atoms with Gasteiger partial charge in [-0.1, -0.05) is 18.9 Å². The summed E-state index contributed by atoms with van der Waals surface area (Å²) in [7, 11) is 0. The molecule has 0 amide bonds. The second-order valence-electron chi connectivity index (χ2n) is 6.71. The van der Waals surface area contributed by atoms with Crippen LogP contribution in [0.5, 0.6) is 0 Å². The van der Waals surface area contributed by atoms with Crippen molar-refractivity contribution in [1.82, 2.24) is 24.8 Å². The molecule has 3 aromatic heterocycles. The normalized spacial score (nSPS) is 15.4. The van der Waals surface area contributed by atoms with Gasteiger partial charge in [0.2, 0.25) is 5.95 Å². The van der Waals surface area contributed by atoms with Crippen molar-refractivity contribution in [2.24, 2.45) is 0 Å². The van der Waals surface area contributed by atoms with E-state index in [0.29, 0.717) is 5.95 Å². The fourth-order valence-electron chi connectivity index (χ4n) is 3.38. The highest BCUT2D eigenvalue weighted by Crippen LogP contribution is 2.32. The maximum Gasteiger partial charge on any atom is 0.223 e. The lowest BCUT2D eigenvalue weighted by atomic mass is 10.1. The van der Waals surface area contributed by atoms with Crippen molar-refractivity contribution in [1.29, 1.82) is 0 Å². The van der Waals surface area contributed by atoms with Gasteiger partial charge in [-0.05, 0) is 37.4 Å². The second kappa shape index (κ2) is 9.01. The predicted octanol–water partition coefficient (Wildman–Crippen LogP) is 3.95. The number of likely N-dealkylation sites (tertiary alicyclic amines) is 1. The zero-order valence-electron chi connectivity index (χ0n) is 15.3. The van der Waals surface area contributed by atoms with Crippen LogP contribution in [0, 0.1) is 0 Å². The van der Waals surface area contributed by atoms with Gasteiger partial charge in [-0.2, -0.15) is 0 Å². The number of hydrogen-bond donors (Lipinski definition) is 1. The van der Waals surface area contributed by atoms with Crippen molar-refractivity contribution in [2.75, 3.05) is 31.5 Å². The molecule has 0 saturated carbocycles. The minimum atomic E-state index is 0.667. The van der Waals surface area contributed by atoms with Crippen LogP contribution >= 0.6 is 11.3 Å². The Morgan fingerprint density at radius 2 is 1.93 bits per heavy atom. The lowest BCUT2D eigenvalue weighted by molar-refractivity contribution is 0.296. The van der Waals surface area contributed by atoms with Gasteiger partial charge in [0.1, 0.15) is 0 Å². The number of rotatable bonds is 6. The molecule has 27 heavy (non-hydrogen) atoms. The molecule has 0 atom stereocenters. The van der Waals surface area contributed by atoms with Crippen LogP contribution in [0.25, 0.3) is 21.8 Å². The summed E-state index contributed by atoms with van der Waals surface area (Å²) in [6.07, 6.45) is 12.3. The summed E-state index contributed by atoms with van der Waals surface area (Å²) in [5.74, 6) is 0.667. The molecule has 1 saturated heterocycles. The van der Waals surface area contributed by atoms with E-state index in [2.05, 4.69) is 36.6 Å². The number of thiophene rings is 1. The maximum atomic E-state index is 4.79. The van der Waals surface area contributed by atoms with E-state index in [-0.39, 0.29) is 0 Å². The first-order chi connectivity index (χ1) is 13.4. The van der Waals surface area contributed by atoms with Crippen molar-refractivity contribution in [2.45, 2.75) is 25.7 Å². The highest BCUT2D eigenvalue weighted by Gasteiger charge is 2.14. The van der Waals surface area contributed by atoms with Gasteiger partial charge in [0.25, 0.3) is 0 Å². The quantitative estimate of drug-likeness (QED) is 0.698. The lowest BCUT2D eigenvalue weighted by Gasteiger charge is -2.19. The van der Waals surface area contributed by atoms with Crippen LogP contribution in [-0.2, 0) is 0 Å². The molecule has 0 spiro atoms. The van der Waals surface area contributed by atoms with Gasteiger partial charge in [-0.15, -0.1) is 11.3 Å². The SMILES string of the molecule is c1csc(-c2nc(NCCN3CCCCCC3)ncc2-c2cnccn2)c1. The van der Waals surface area contributed by atoms with Gasteiger partial charge in [-0.25, -0.2) is 9.97 Å². The first kappa shape index (κ1) is 18.0. The molecule has 1 N–H and O–H groups in total. The third kappa shape index (κ3) is 4.67. The van der Waals surface area contributed by atoms with E-state index in [4.69, 9.17) is 4.98 Å². The fourth-order valence-corrected chi connectivity index (χ4v) is 4.11. The van der Waals surface area contributed by atoms with Crippen molar-refractivity contribution < 1.29 is 0 Å². The monoisotopic (exact) mass is 380 g/mol. The standard InChI is InChI=1S/C20H24N6S/c1-2-4-11-26(10-3-1)12-9-23-20-24-14-16(17-15-21-7-8-22-17)19(25-20)18-6-5-13-27-18/h5-8,13-15H,1-4,9-12H2,(H,23,24,25). The number of nitrogens with one attached hydrogen (secondary N) is 1. The Balaban J connectivity index is 1.50. The molecule has 1 aliphatic heterocycles. The number of anilines is 1. The average Bonchev–Trinajstić information content (AvgIpc) is 3.13. The van der Waals surface area contributed by atoms with Crippen molar-refractivity contribution >= 4 is 17.3 Å². The third-order valence-corrected chi connectivity index (χ3v) is 5.67. The Kier molecular flexibility index (Phi) is 6.01. The highest BCUT2D eigenvalue weighted by atomic mass is 32.1. The summed E-state index contributed by atoms with van der Waals surface area (Å²) in [5.41, 5.74) is 2.60. The van der Waals surface area contributed by atoms with Crippen LogP contribution in [-0.4, -0.2) is 51.0 Å². The Morgan fingerprint density at radius 3 is 2.67 bits per heavy atom. The lowest BCUT2D eigenvalue weighted by Crippen LogP contribution is -2.30. The fraction of sp³-hybridized carbons (Fsp3) is 0.400. The van der Waals surface area contributed by atoms with Gasteiger partial charge in [0, 0.05) is 37.2 Å². The maximum absolute atomic E-state index is 4.79. The zero-order valence-corrected chi connectivity index (χ0v) is 16.2. The van der Waals surface area contributed by atoms with E-state index < -0.39 is 0 Å². The average molecular weight is 381 g/mol. The highest BCUT2D eigenvalue weighted by molar-refractivity contribution is 7.13. The molecule has 0 bridgehead atoms. The van der Waals surface area contributed by atoms with Gasteiger partial charge in [0.15, 0.2) is 0 Å². The second-order valence-corrected chi connectivity index (χ2v) is 7.65. The van der Waals surface area contributed by atoms with Crippen LogP contribution in [0.3, 0.4) is 0 Å². The Bertz CT molecular complexity index is 829. The van der Waals surface area contributed by atoms with Gasteiger partial charge in [0.05, 0.1) is 22.5 Å². The summed E-state index contributed by atoms with van der Waals surface area (Å²) in [6.45, 7) is 4.29. The van der Waals surface area contributed by atoms with Gasteiger partial charge >= 0.3 is 0 Å². The minimum absolute atomic E-state index is 0.667. The molecule has 0 radical (unpaired) electrons. The van der Waals surface area contributed by atoms with Crippen molar-refractivity contribution in [3.8, 4) is 21.8 Å². The van der Waals surface area contributed by atoms with Gasteiger partial charge in [-0.3, -0.25) is 9.97 Å². The summed E-state index contributed by atoms with van der Waals surface area (Å²) >= 11 is 1.67. The molecule has 7 heteroatoms. The summed E-state index contributed by atoms with van der Waals surface area (Å²) < 4.78 is 0. The smallest absolute Gasteiger partial charge is 0.223 e. The van der Waals surface area contributed by atoms with Crippen molar-refractivity contribution in [3.05, 3.63) is 42.3 Å². The molecular weight excluding hydrogens is 356 g/mol. The van der Waals surface area contributed by atoms with Crippen LogP contribution in [0.1, 0.15) is 25.7 Å². The minimum Gasteiger partial charge on any atom is -0.353 e. The third-order valence-electron chi connectivity index (χ3n) is 4.79. The first-order valence-electron chi connectivity index (χ1n) is 9.54. The molecule has 3 aromatic rings. The van der Waals surface area contributed by atoms with Crippen LogP contribution in [0.15, 0.2) is 42.3 Å². The predicted molar refractivity (Wildman–Crippen MR) is 110 cm³/mol. The van der Waals surface area contributed by atoms with E-state index in [0.717, 1.165) is 34.9 Å². The van der Waals surface area contributed by atoms with E-state index in [1.807, 2.05) is 12.3 Å². The molecule has 0 unspecified atom stereocenters. The van der Waals surface area contributed by atoms with Crippen LogP contribution < -0.4 is 5.32 Å². The molecule has 1 fully saturated rings. The number of nitrogens with zero attached hydrogens (tertiary/aromatic N) is 5. The summed E-state index contributed by atoms with van der Waals surface area (Å²) in [4.78, 5) is 21.6. The van der Waals surface area contributed by atoms with Crippen LogP contribution in [0.2, 0.25) is 0 Å². The molecule has 0 aromatic carbocycles. The Hall–Kier alpha value is -2.38. The number of hydrogen-bond acceptors (Lipinski definition) is 7. The molecule has 0 aliphatic carbocycles. The molecule has 140 valence electrons. The number of aromatic nitrogens is 4. The summed E-state index contributed by atoms with van der Waals surface area (Å²) in [6, 6.07) is 4.11. The molecular formula is C20H24N6S. The van der Waals surface area contributed by atoms with Crippen molar-refractivity contribution in [3.63, 3.8) is 0 Å². The van der Waals surface area contributed by atoms with E-state index >= 15 is 0 Å². The van der Waals surface area contributed by atoms with E-state index in [1.165, 1.54) is 38.8 Å².